The average molecular weight is 270 g/mol. The van der Waals surface area contributed by atoms with E-state index in [1.54, 1.807) is 24.3 Å². The van der Waals surface area contributed by atoms with Gasteiger partial charge in [-0.05, 0) is 56.9 Å². The van der Waals surface area contributed by atoms with Crippen molar-refractivity contribution < 1.29 is 9.84 Å². The lowest BCUT2D eigenvalue weighted by molar-refractivity contribution is 0.0968. The summed E-state index contributed by atoms with van der Waals surface area (Å²) >= 11 is 0. The Morgan fingerprint density at radius 3 is 1.80 bits per heavy atom. The summed E-state index contributed by atoms with van der Waals surface area (Å²) in [6.07, 6.45) is 5.01. The topological polar surface area (TPSA) is 29.5 Å². The van der Waals surface area contributed by atoms with Crippen LogP contribution < -0.4 is 4.74 Å². The molecule has 2 heteroatoms. The van der Waals surface area contributed by atoms with Gasteiger partial charge in [0.25, 0.3) is 0 Å². The first-order valence-electron chi connectivity index (χ1n) is 7.16. The van der Waals surface area contributed by atoms with Crippen molar-refractivity contribution in [3.8, 4) is 11.5 Å². The molecule has 0 amide bonds. The van der Waals surface area contributed by atoms with Crippen molar-refractivity contribution in [3.63, 3.8) is 0 Å². The summed E-state index contributed by atoms with van der Waals surface area (Å²) in [6.45, 7) is 2.22. The summed E-state index contributed by atoms with van der Waals surface area (Å²) in [5.74, 6) is 1.33. The summed E-state index contributed by atoms with van der Waals surface area (Å²) < 4.78 is 5.96. The molecule has 2 nitrogen and oxygen atoms in total. The van der Waals surface area contributed by atoms with E-state index in [4.69, 9.17) is 9.84 Å². The van der Waals surface area contributed by atoms with Gasteiger partial charge in [-0.1, -0.05) is 36.4 Å². The Kier molecular flexibility index (Phi) is 5.05. The molecule has 0 spiro atoms. The Morgan fingerprint density at radius 2 is 1.35 bits per heavy atom. The Balaban J connectivity index is 0.000000178. The molecule has 1 N–H and O–H groups in total. The van der Waals surface area contributed by atoms with Crippen LogP contribution in [0.25, 0.3) is 0 Å². The number of hydrogen-bond donors (Lipinski definition) is 1. The van der Waals surface area contributed by atoms with E-state index >= 15 is 0 Å². The number of aromatic hydroxyl groups is 1. The second kappa shape index (κ2) is 6.99. The lowest BCUT2D eigenvalue weighted by Crippen LogP contribution is -2.27. The Bertz CT molecular complexity index is 487. The van der Waals surface area contributed by atoms with Gasteiger partial charge in [0, 0.05) is 0 Å². The number of rotatable bonds is 2. The van der Waals surface area contributed by atoms with Crippen LogP contribution in [-0.2, 0) is 0 Å². The minimum absolute atomic E-state index is 0.0986. The third-order valence-corrected chi connectivity index (χ3v) is 3.52. The van der Waals surface area contributed by atoms with E-state index in [1.165, 1.54) is 25.7 Å². The zero-order valence-electron chi connectivity index (χ0n) is 12.0. The number of para-hydroxylation sites is 2. The van der Waals surface area contributed by atoms with Crippen molar-refractivity contribution in [2.75, 3.05) is 0 Å². The molecule has 3 rings (SSSR count). The van der Waals surface area contributed by atoms with Crippen molar-refractivity contribution in [3.05, 3.63) is 60.7 Å². The summed E-state index contributed by atoms with van der Waals surface area (Å²) in [6, 6.07) is 18.8. The van der Waals surface area contributed by atoms with Gasteiger partial charge in [-0.3, -0.25) is 0 Å². The van der Waals surface area contributed by atoms with Crippen LogP contribution in [0.1, 0.15) is 32.6 Å². The predicted molar refractivity (Wildman–Crippen MR) is 82.0 cm³/mol. The van der Waals surface area contributed by atoms with Gasteiger partial charge in [0.2, 0.25) is 0 Å². The van der Waals surface area contributed by atoms with Gasteiger partial charge < -0.3 is 9.84 Å². The molecule has 0 heterocycles. The third kappa shape index (κ3) is 4.61. The largest absolute Gasteiger partial charge is 0.508 e. The predicted octanol–water partition coefficient (Wildman–Crippen LogP) is 4.79. The Morgan fingerprint density at radius 1 is 0.850 bits per heavy atom. The minimum atomic E-state index is 0.0986. The van der Waals surface area contributed by atoms with E-state index in [9.17, 15) is 0 Å². The van der Waals surface area contributed by atoms with Crippen molar-refractivity contribution in [2.45, 2.75) is 38.2 Å². The van der Waals surface area contributed by atoms with Crippen LogP contribution in [0.5, 0.6) is 11.5 Å². The van der Waals surface area contributed by atoms with E-state index in [0.29, 0.717) is 5.75 Å². The standard InChI is InChI=1S/C12H16O.C6H6O/c1-12(9-5-6-10-12)13-11-7-3-2-4-8-11;7-6-4-2-1-3-5-6/h2-4,7-8H,5-6,9-10H2,1H3;1-5,7H. The maximum Gasteiger partial charge on any atom is 0.120 e. The molecule has 1 fully saturated rings. The highest BCUT2D eigenvalue weighted by Crippen LogP contribution is 2.33. The summed E-state index contributed by atoms with van der Waals surface area (Å²) in [5.41, 5.74) is 0.0986. The monoisotopic (exact) mass is 270 g/mol. The van der Waals surface area contributed by atoms with Crippen molar-refractivity contribution in [1.29, 1.82) is 0 Å². The lowest BCUT2D eigenvalue weighted by Gasteiger charge is -2.25. The number of phenolic OH excluding ortho intramolecular Hbond substituents is 1. The van der Waals surface area contributed by atoms with Crippen LogP contribution in [0.15, 0.2) is 60.7 Å². The van der Waals surface area contributed by atoms with E-state index in [1.807, 2.05) is 36.4 Å². The fraction of sp³-hybridized carbons (Fsp3) is 0.333. The van der Waals surface area contributed by atoms with Gasteiger partial charge in [-0.2, -0.15) is 0 Å². The smallest absolute Gasteiger partial charge is 0.120 e. The molecule has 0 atom stereocenters. The SMILES string of the molecule is CC1(Oc2ccccc2)CCCC1.Oc1ccccc1. The molecule has 0 unspecified atom stereocenters. The molecule has 106 valence electrons. The number of hydrogen-bond acceptors (Lipinski definition) is 2. The van der Waals surface area contributed by atoms with Gasteiger partial charge >= 0.3 is 0 Å². The first-order chi connectivity index (χ1) is 9.68. The average Bonchev–Trinajstić information content (AvgIpc) is 2.88. The zero-order chi connectivity index (χ0) is 14.3. The van der Waals surface area contributed by atoms with Crippen LogP contribution >= 0.6 is 0 Å². The van der Waals surface area contributed by atoms with Crippen LogP contribution in [-0.4, -0.2) is 10.7 Å². The summed E-state index contributed by atoms with van der Waals surface area (Å²) in [4.78, 5) is 0. The number of phenols is 1. The van der Waals surface area contributed by atoms with Gasteiger partial charge in [0.1, 0.15) is 17.1 Å². The molecule has 0 radical (unpaired) electrons. The Labute approximate surface area is 121 Å². The third-order valence-electron chi connectivity index (χ3n) is 3.52. The molecule has 1 aliphatic rings. The summed E-state index contributed by atoms with van der Waals surface area (Å²) in [5, 5.41) is 8.63. The molecule has 0 saturated heterocycles. The van der Waals surface area contributed by atoms with Gasteiger partial charge in [0.05, 0.1) is 0 Å². The van der Waals surface area contributed by atoms with E-state index in [0.717, 1.165) is 5.75 Å². The van der Waals surface area contributed by atoms with Crippen LogP contribution in [0.3, 0.4) is 0 Å². The molecule has 1 saturated carbocycles. The number of benzene rings is 2. The highest BCUT2D eigenvalue weighted by Gasteiger charge is 2.30. The minimum Gasteiger partial charge on any atom is -0.508 e. The van der Waals surface area contributed by atoms with Crippen LogP contribution in [0.2, 0.25) is 0 Å². The maximum atomic E-state index is 8.63. The maximum absolute atomic E-state index is 8.63. The normalized spacial score (nSPS) is 16.1. The first-order valence-corrected chi connectivity index (χ1v) is 7.16. The molecule has 0 bridgehead atoms. The molecule has 2 aromatic carbocycles. The molecule has 1 aliphatic carbocycles. The Hall–Kier alpha value is -1.96. The van der Waals surface area contributed by atoms with E-state index < -0.39 is 0 Å². The van der Waals surface area contributed by atoms with Crippen LogP contribution in [0, 0.1) is 0 Å². The fourth-order valence-corrected chi connectivity index (χ4v) is 2.43. The zero-order valence-corrected chi connectivity index (χ0v) is 12.0. The highest BCUT2D eigenvalue weighted by atomic mass is 16.5. The van der Waals surface area contributed by atoms with Crippen LogP contribution in [0.4, 0.5) is 0 Å². The fourth-order valence-electron chi connectivity index (χ4n) is 2.43. The van der Waals surface area contributed by atoms with Gasteiger partial charge in [-0.15, -0.1) is 0 Å². The lowest BCUT2D eigenvalue weighted by atomic mass is 10.1. The van der Waals surface area contributed by atoms with Crippen molar-refractivity contribution in [2.24, 2.45) is 0 Å². The molecule has 20 heavy (non-hydrogen) atoms. The van der Waals surface area contributed by atoms with Gasteiger partial charge in [0.15, 0.2) is 0 Å². The number of ether oxygens (including phenoxy) is 1. The molecular formula is C18H22O2. The second-order valence-electron chi connectivity index (χ2n) is 5.41. The van der Waals surface area contributed by atoms with E-state index in [2.05, 4.69) is 6.92 Å². The summed E-state index contributed by atoms with van der Waals surface area (Å²) in [7, 11) is 0. The molecule has 2 aromatic rings. The quantitative estimate of drug-likeness (QED) is 0.850. The van der Waals surface area contributed by atoms with E-state index in [-0.39, 0.29) is 5.60 Å². The molecular weight excluding hydrogens is 248 g/mol. The molecule has 0 aromatic heterocycles. The van der Waals surface area contributed by atoms with Crippen molar-refractivity contribution >= 4 is 0 Å². The highest BCUT2D eigenvalue weighted by molar-refractivity contribution is 5.22. The van der Waals surface area contributed by atoms with Gasteiger partial charge in [-0.25, -0.2) is 0 Å². The first kappa shape index (κ1) is 14.4. The molecule has 0 aliphatic heterocycles. The van der Waals surface area contributed by atoms with Crippen molar-refractivity contribution in [1.82, 2.24) is 0 Å². The second-order valence-corrected chi connectivity index (χ2v) is 5.41.